The van der Waals surface area contributed by atoms with Crippen molar-refractivity contribution in [3.63, 3.8) is 0 Å². The number of alkyl halides is 1. The van der Waals surface area contributed by atoms with Crippen LogP contribution in [0.25, 0.3) is 0 Å². The van der Waals surface area contributed by atoms with Crippen molar-refractivity contribution < 1.29 is 23.9 Å². The van der Waals surface area contributed by atoms with Crippen molar-refractivity contribution in [3.8, 4) is 0 Å². The molecule has 29 heavy (non-hydrogen) atoms. The molecule has 0 aliphatic heterocycles. The molecule has 0 aromatic carbocycles. The van der Waals surface area contributed by atoms with Gasteiger partial charge in [0.25, 0.3) is 0 Å². The van der Waals surface area contributed by atoms with Gasteiger partial charge in [-0.3, -0.25) is 14.4 Å². The highest BCUT2D eigenvalue weighted by molar-refractivity contribution is 9.93. The Labute approximate surface area is 206 Å². The summed E-state index contributed by atoms with van der Waals surface area (Å²) in [4.78, 5) is 33.7. The summed E-state index contributed by atoms with van der Waals surface area (Å²) in [6, 6.07) is 0. The van der Waals surface area contributed by atoms with Gasteiger partial charge in [-0.15, -0.1) is 0 Å². The molecule has 0 aromatic heterocycles. The lowest BCUT2D eigenvalue weighted by atomic mass is 9.88. The second-order valence-electron chi connectivity index (χ2n) is 6.75. The molecule has 0 N–H and O–H groups in total. The van der Waals surface area contributed by atoms with Crippen LogP contribution in [0.4, 0.5) is 0 Å². The van der Waals surface area contributed by atoms with Crippen molar-refractivity contribution in [2.45, 2.75) is 69.2 Å². The van der Waals surface area contributed by atoms with Crippen LogP contribution in [0.15, 0.2) is 11.6 Å². The van der Waals surface area contributed by atoms with Crippen molar-refractivity contribution in [2.75, 3.05) is 18.5 Å². The minimum absolute atomic E-state index is 0. The van der Waals surface area contributed by atoms with Crippen LogP contribution in [0.3, 0.4) is 0 Å². The van der Waals surface area contributed by atoms with Gasteiger partial charge >= 0.3 is 11.9 Å². The molecule has 0 aromatic rings. The zero-order chi connectivity index (χ0) is 22.3. The average Bonchev–Trinajstić information content (AvgIpc) is 2.56. The first-order valence-corrected chi connectivity index (χ1v) is 13.4. The Morgan fingerprint density at radius 3 is 1.41 bits per heavy atom. The van der Waals surface area contributed by atoms with Crippen molar-refractivity contribution in [1.29, 1.82) is 0 Å². The molecule has 0 atom stereocenters. The molecule has 9 heteroatoms. The molecule has 0 saturated heterocycles. The number of halogens is 4. The quantitative estimate of drug-likeness (QED) is 0.193. The molecule has 5 nitrogen and oxygen atoms in total. The van der Waals surface area contributed by atoms with Gasteiger partial charge in [0.15, 0.2) is 0 Å². The summed E-state index contributed by atoms with van der Waals surface area (Å²) in [6.07, 6.45) is 0.671. The third kappa shape index (κ3) is 21.1. The Bertz CT molecular complexity index is 481. The number of ketones is 1. The summed E-state index contributed by atoms with van der Waals surface area (Å²) in [5.41, 5.74) is -1.27. The predicted octanol–water partition coefficient (Wildman–Crippen LogP) is 7.61. The van der Waals surface area contributed by atoms with E-state index < -0.39 is 10.8 Å². The number of hydrogen-bond donors (Lipinski definition) is 0. The smallest absolute Gasteiger partial charge is 0.311 e. The minimum Gasteiger partial charge on any atom is -0.466 e. The van der Waals surface area contributed by atoms with E-state index in [-0.39, 0.29) is 44.3 Å². The Morgan fingerprint density at radius 1 is 0.862 bits per heavy atom. The van der Waals surface area contributed by atoms with E-state index in [1.165, 1.54) is 0 Å². The molecule has 0 spiro atoms. The van der Waals surface area contributed by atoms with E-state index in [9.17, 15) is 14.4 Å². The highest BCUT2D eigenvalue weighted by Gasteiger charge is 2.31. The van der Waals surface area contributed by atoms with Crippen molar-refractivity contribution in [1.82, 2.24) is 0 Å². The van der Waals surface area contributed by atoms with E-state index in [0.29, 0.717) is 24.7 Å². The Hall–Kier alpha value is 0.0800. The van der Waals surface area contributed by atoms with Gasteiger partial charge in [-0.1, -0.05) is 49.0 Å². The molecule has 0 radical (unpaired) electrons. The largest absolute Gasteiger partial charge is 0.466 e. The zero-order valence-electron chi connectivity index (χ0n) is 16.8. The molecule has 0 unspecified atom stereocenters. The second kappa shape index (κ2) is 21.3. The van der Waals surface area contributed by atoms with Gasteiger partial charge in [-0.2, -0.15) is 0 Å². The van der Waals surface area contributed by atoms with Crippen LogP contribution in [0, 0.1) is 10.8 Å². The molecule has 0 aliphatic carbocycles. The van der Waals surface area contributed by atoms with Crippen LogP contribution in [-0.2, 0) is 23.9 Å². The summed E-state index contributed by atoms with van der Waals surface area (Å²) in [7, 11) is 0. The summed E-state index contributed by atoms with van der Waals surface area (Å²) >= 11 is 14.2. The standard InChI is InChI=1S/C9H15BrO3.C9H15ClO2.2CH4.Br2/c1-4-13-8(12)9(2,3)5-7(11)6-10;1-5-12-8(11)9(3,4)6-7(2)10;;;1-2/h4-6H2,1-3H3;2,5-6H2,1,3-4H3;2*1H4;. The lowest BCUT2D eigenvalue weighted by Gasteiger charge is -2.21. The van der Waals surface area contributed by atoms with E-state index in [1.54, 1.807) is 41.5 Å². The number of carbonyl (C=O) groups excluding carboxylic acids is 3. The van der Waals surface area contributed by atoms with Gasteiger partial charge < -0.3 is 9.47 Å². The molecule has 0 aliphatic rings. The number of ether oxygens (including phenoxy) is 2. The lowest BCUT2D eigenvalue weighted by molar-refractivity contribution is -0.155. The van der Waals surface area contributed by atoms with Gasteiger partial charge in [0, 0.05) is 39.7 Å². The monoisotopic (exact) mass is 630 g/mol. The molecule has 0 amide bonds. The van der Waals surface area contributed by atoms with Crippen LogP contribution in [0.2, 0.25) is 0 Å². The Balaban J connectivity index is -0.000000115. The number of esters is 2. The normalized spacial score (nSPS) is 9.72. The van der Waals surface area contributed by atoms with Crippen LogP contribution >= 0.6 is 55.8 Å². The molecule has 0 rings (SSSR count). The van der Waals surface area contributed by atoms with Crippen molar-refractivity contribution in [3.05, 3.63) is 11.6 Å². The zero-order valence-corrected chi connectivity index (χ0v) is 22.3. The van der Waals surface area contributed by atoms with Gasteiger partial charge in [-0.05, 0) is 48.0 Å². The number of allylic oxidation sites excluding steroid dienone is 1. The summed E-state index contributed by atoms with van der Waals surface area (Å²) in [5, 5.41) is 0.767. The number of Topliss-reactive ketones (excluding diaryl/α,β-unsaturated/α-hetero) is 1. The van der Waals surface area contributed by atoms with Gasteiger partial charge in [-0.25, -0.2) is 0 Å². The average molecular weight is 634 g/mol. The molecule has 0 fully saturated rings. The molecule has 0 bridgehead atoms. The molecule has 0 saturated carbocycles. The third-order valence-electron chi connectivity index (χ3n) is 3.08. The van der Waals surface area contributed by atoms with Gasteiger partial charge in [0.1, 0.15) is 5.78 Å². The topological polar surface area (TPSA) is 69.7 Å². The van der Waals surface area contributed by atoms with E-state index in [1.807, 2.05) is 0 Å². The maximum absolute atomic E-state index is 11.3. The number of carbonyl (C=O) groups is 3. The highest BCUT2D eigenvalue weighted by atomic mass is 80.9. The van der Waals surface area contributed by atoms with Crippen LogP contribution in [-0.4, -0.2) is 36.3 Å². The Morgan fingerprint density at radius 2 is 1.17 bits per heavy atom. The first-order valence-electron chi connectivity index (χ1n) is 8.23. The maximum atomic E-state index is 11.3. The van der Waals surface area contributed by atoms with E-state index in [2.05, 4.69) is 50.8 Å². The number of rotatable bonds is 9. The molecule has 0 heterocycles. The first kappa shape index (κ1) is 39.5. The number of hydrogen-bond acceptors (Lipinski definition) is 5. The van der Waals surface area contributed by atoms with Gasteiger partial charge in [0.2, 0.25) is 0 Å². The molecule has 176 valence electrons. The Kier molecular flexibility index (Phi) is 29.1. The lowest BCUT2D eigenvalue weighted by Crippen LogP contribution is -2.29. The fourth-order valence-corrected chi connectivity index (χ4v) is 2.35. The van der Waals surface area contributed by atoms with Crippen molar-refractivity contribution >= 4 is 73.5 Å². The predicted molar refractivity (Wildman–Crippen MR) is 135 cm³/mol. The molecular weight excluding hydrogens is 595 g/mol. The van der Waals surface area contributed by atoms with Crippen LogP contribution < -0.4 is 0 Å². The first-order chi connectivity index (χ1) is 12.3. The molecular formula is C20H38Br3ClO5. The van der Waals surface area contributed by atoms with Crippen LogP contribution in [0.5, 0.6) is 0 Å². The third-order valence-corrected chi connectivity index (χ3v) is 3.84. The second-order valence-corrected chi connectivity index (χ2v) is 7.85. The summed E-state index contributed by atoms with van der Waals surface area (Å²) < 4.78 is 9.71. The highest BCUT2D eigenvalue weighted by Crippen LogP contribution is 2.27. The summed E-state index contributed by atoms with van der Waals surface area (Å²) in [5.74, 6) is -0.533. The summed E-state index contributed by atoms with van der Waals surface area (Å²) in [6.45, 7) is 14.8. The fourth-order valence-electron chi connectivity index (χ4n) is 1.82. The van der Waals surface area contributed by atoms with Gasteiger partial charge in [0.05, 0.1) is 29.4 Å². The fraction of sp³-hybridized carbons (Fsp3) is 0.750. The maximum Gasteiger partial charge on any atom is 0.311 e. The van der Waals surface area contributed by atoms with Crippen molar-refractivity contribution in [2.24, 2.45) is 10.8 Å². The van der Waals surface area contributed by atoms with E-state index in [4.69, 9.17) is 21.1 Å². The SMILES string of the molecule is BrBr.C.C.C=C(Cl)CC(C)(C)C(=O)OCC.CCOC(=O)C(C)(C)CC(=O)CBr. The minimum atomic E-state index is -0.707. The van der Waals surface area contributed by atoms with E-state index >= 15 is 0 Å². The van der Waals surface area contributed by atoms with E-state index in [0.717, 1.165) is 0 Å². The van der Waals surface area contributed by atoms with Crippen LogP contribution in [0.1, 0.15) is 69.2 Å².